The Labute approximate surface area is 297 Å². The van der Waals surface area contributed by atoms with Crippen molar-refractivity contribution in [2.45, 2.75) is 83.0 Å². The average Bonchev–Trinajstić information content (AvgIpc) is 3.05. The van der Waals surface area contributed by atoms with Crippen LogP contribution in [0.15, 0.2) is 36.5 Å². The van der Waals surface area contributed by atoms with Crippen LogP contribution in [-0.4, -0.2) is 62.7 Å². The number of ether oxygens (including phenoxy) is 2. The second-order valence-electron chi connectivity index (χ2n) is 11.7. The number of anilines is 1. The van der Waals surface area contributed by atoms with E-state index >= 15 is 0 Å². The number of benzene rings is 1. The van der Waals surface area contributed by atoms with Gasteiger partial charge in [0.25, 0.3) is 0 Å². The van der Waals surface area contributed by atoms with Crippen LogP contribution in [0.4, 0.5) is 50.0 Å². The van der Waals surface area contributed by atoms with E-state index in [1.165, 1.54) is 6.92 Å². The molecule has 1 amide bonds. The first kappa shape index (κ1) is 42.7. The summed E-state index contributed by atoms with van der Waals surface area (Å²) in [4.78, 5) is 35.9. The molecule has 0 unspecified atom stereocenters. The zero-order chi connectivity index (χ0) is 39.9. The van der Waals surface area contributed by atoms with Crippen molar-refractivity contribution in [3.63, 3.8) is 0 Å². The van der Waals surface area contributed by atoms with Gasteiger partial charge in [0.05, 0.1) is 46.9 Å². The van der Waals surface area contributed by atoms with Gasteiger partial charge in [0, 0.05) is 26.1 Å². The molecule has 0 fully saturated rings. The topological polar surface area (TPSA) is 161 Å². The van der Waals surface area contributed by atoms with E-state index in [9.17, 15) is 54.2 Å². The fraction of sp³-hybridized carbons (Fsp3) is 0.485. The van der Waals surface area contributed by atoms with Crippen LogP contribution in [0.2, 0.25) is 0 Å². The maximum Gasteiger partial charge on any atom is 0.433 e. The minimum Gasteiger partial charge on any atom is -0.490 e. The Bertz CT molecular complexity index is 1720. The molecule has 3 aromatic rings. The SMILES string of the molecule is CCOCC.CC[C@]1(N)C[C@H](c2ncc(OCCCC(=O)O)c(Cc3cc(C(F)(F)F)cc(C(F)(F)F)c3)n2)c2nc(C(F)(F)F)ccc2N1C(=O)O. The fourth-order valence-electron chi connectivity index (χ4n) is 5.42. The number of carbonyl (C=O) groups is 2. The number of hydrogen-bond donors (Lipinski definition) is 3. The molecule has 1 aromatic carbocycles. The van der Waals surface area contributed by atoms with Crippen molar-refractivity contribution in [3.05, 3.63) is 76.1 Å². The van der Waals surface area contributed by atoms with Gasteiger partial charge in [-0.25, -0.2) is 19.7 Å². The summed E-state index contributed by atoms with van der Waals surface area (Å²) in [5, 5.41) is 18.8. The number of nitrogens with zero attached hydrogens (tertiary/aromatic N) is 4. The van der Waals surface area contributed by atoms with Crippen LogP contribution in [0.25, 0.3) is 0 Å². The Morgan fingerprint density at radius 2 is 1.53 bits per heavy atom. The molecule has 2 atom stereocenters. The van der Waals surface area contributed by atoms with Crippen LogP contribution >= 0.6 is 0 Å². The monoisotopic (exact) mass is 769 g/mol. The Balaban J connectivity index is 0.00000141. The van der Waals surface area contributed by atoms with Gasteiger partial charge >= 0.3 is 30.6 Å². The highest BCUT2D eigenvalue weighted by molar-refractivity contribution is 5.89. The molecular weight excluding hydrogens is 733 g/mol. The number of carboxylic acids is 1. The maximum atomic E-state index is 13.7. The molecule has 0 spiro atoms. The second kappa shape index (κ2) is 17.0. The summed E-state index contributed by atoms with van der Waals surface area (Å²) >= 11 is 0. The first-order valence-electron chi connectivity index (χ1n) is 16.0. The zero-order valence-electron chi connectivity index (χ0n) is 28.5. The van der Waals surface area contributed by atoms with E-state index in [1.54, 1.807) is 0 Å². The van der Waals surface area contributed by atoms with Crippen LogP contribution in [0, 0.1) is 0 Å². The molecule has 1 aliphatic heterocycles. The largest absolute Gasteiger partial charge is 0.490 e. The number of amides is 1. The Morgan fingerprint density at radius 1 is 0.925 bits per heavy atom. The molecule has 4 rings (SSSR count). The van der Waals surface area contributed by atoms with Gasteiger partial charge in [0.2, 0.25) is 0 Å². The van der Waals surface area contributed by atoms with Gasteiger partial charge in [-0.2, -0.15) is 39.5 Å². The van der Waals surface area contributed by atoms with Crippen LogP contribution in [-0.2, 0) is 34.5 Å². The number of nitrogens with two attached hydrogens (primary N) is 1. The molecule has 2 aromatic heterocycles. The smallest absolute Gasteiger partial charge is 0.433 e. The number of aliphatic carboxylic acids is 1. The molecule has 0 aliphatic carbocycles. The van der Waals surface area contributed by atoms with E-state index in [0.717, 1.165) is 25.5 Å². The molecule has 0 saturated heterocycles. The standard InChI is InChI=1S/C29H26F9N5O5.C4H10O/c1-2-26(39)12-17(23-19(43(26)25(46)47)5-6-21(42-23)29(36,37)38)24-40-13-20(48-7-3-4-22(44)45)18(41-24)10-14-8-15(27(30,31)32)11-16(9-14)28(33,34)35;1-3-5-4-2/h5-6,8-9,11,13,17H,2-4,7,10,12,39H2,1H3,(H,44,45)(H,46,47);3-4H2,1-2H3/t17-,26+;/m0./s1. The summed E-state index contributed by atoms with van der Waals surface area (Å²) < 4.78 is 133. The van der Waals surface area contributed by atoms with E-state index in [2.05, 4.69) is 15.0 Å². The first-order chi connectivity index (χ1) is 24.5. The van der Waals surface area contributed by atoms with E-state index in [4.69, 9.17) is 20.3 Å². The maximum absolute atomic E-state index is 13.7. The lowest BCUT2D eigenvalue weighted by Gasteiger charge is -2.45. The highest BCUT2D eigenvalue weighted by atomic mass is 19.4. The molecule has 0 bridgehead atoms. The van der Waals surface area contributed by atoms with Gasteiger partial charge < -0.3 is 25.4 Å². The first-order valence-corrected chi connectivity index (χ1v) is 16.0. The lowest BCUT2D eigenvalue weighted by atomic mass is 9.83. The van der Waals surface area contributed by atoms with Crippen molar-refractivity contribution in [1.29, 1.82) is 0 Å². The van der Waals surface area contributed by atoms with Crippen LogP contribution in [0.1, 0.15) is 92.0 Å². The van der Waals surface area contributed by atoms with Crippen molar-refractivity contribution < 1.29 is 68.8 Å². The summed E-state index contributed by atoms with van der Waals surface area (Å²) in [6.07, 6.45) is -17.5. The third-order valence-electron chi connectivity index (χ3n) is 7.95. The number of pyridine rings is 1. The van der Waals surface area contributed by atoms with Gasteiger partial charge in [-0.15, -0.1) is 0 Å². The number of halogens is 9. The molecule has 4 N–H and O–H groups in total. The van der Waals surface area contributed by atoms with Crippen LogP contribution in [0.3, 0.4) is 0 Å². The lowest BCUT2D eigenvalue weighted by Crippen LogP contribution is -2.61. The summed E-state index contributed by atoms with van der Waals surface area (Å²) in [7, 11) is 0. The van der Waals surface area contributed by atoms with E-state index < -0.39 is 83.1 Å². The molecule has 20 heteroatoms. The molecule has 3 heterocycles. The van der Waals surface area contributed by atoms with E-state index in [0.29, 0.717) is 23.1 Å². The molecule has 0 saturated carbocycles. The summed E-state index contributed by atoms with van der Waals surface area (Å²) in [5.41, 5.74) is -1.48. The minimum atomic E-state index is -5.17. The number of aromatic nitrogens is 3. The van der Waals surface area contributed by atoms with Gasteiger partial charge in [0.1, 0.15) is 17.2 Å². The van der Waals surface area contributed by atoms with Crippen molar-refractivity contribution >= 4 is 17.7 Å². The Morgan fingerprint density at radius 3 is 2.00 bits per heavy atom. The molecular formula is C33H36F9N5O6. The van der Waals surface area contributed by atoms with E-state index in [-0.39, 0.29) is 54.9 Å². The van der Waals surface area contributed by atoms with Crippen molar-refractivity contribution in [3.8, 4) is 5.75 Å². The van der Waals surface area contributed by atoms with Crippen molar-refractivity contribution in [2.75, 3.05) is 24.7 Å². The summed E-state index contributed by atoms with van der Waals surface area (Å²) in [5.74, 6) is -3.10. The highest BCUT2D eigenvalue weighted by Gasteiger charge is 2.48. The number of alkyl halides is 9. The second-order valence-corrected chi connectivity index (χ2v) is 11.7. The minimum absolute atomic E-state index is 0.0572. The predicted molar refractivity (Wildman–Crippen MR) is 169 cm³/mol. The highest BCUT2D eigenvalue weighted by Crippen LogP contribution is 2.46. The number of hydrogen-bond acceptors (Lipinski definition) is 8. The van der Waals surface area contributed by atoms with E-state index in [1.807, 2.05) is 13.8 Å². The summed E-state index contributed by atoms with van der Waals surface area (Å²) in [6, 6.07) is 2.28. The Kier molecular flexibility index (Phi) is 13.7. The third-order valence-corrected chi connectivity index (χ3v) is 7.95. The molecule has 1 aliphatic rings. The van der Waals surface area contributed by atoms with Crippen LogP contribution < -0.4 is 15.4 Å². The van der Waals surface area contributed by atoms with Gasteiger partial charge in [-0.3, -0.25) is 9.69 Å². The summed E-state index contributed by atoms with van der Waals surface area (Å²) in [6.45, 7) is 6.90. The normalized spacial score (nSPS) is 17.5. The quantitative estimate of drug-likeness (QED) is 0.129. The average molecular weight is 770 g/mol. The van der Waals surface area contributed by atoms with Gasteiger partial charge in [-0.1, -0.05) is 6.92 Å². The van der Waals surface area contributed by atoms with Crippen molar-refractivity contribution in [1.82, 2.24) is 15.0 Å². The fourth-order valence-corrected chi connectivity index (χ4v) is 5.42. The predicted octanol–water partition coefficient (Wildman–Crippen LogP) is 7.89. The number of rotatable bonds is 11. The van der Waals surface area contributed by atoms with Gasteiger partial charge in [0.15, 0.2) is 5.75 Å². The Hall–Kier alpha value is -4.72. The third kappa shape index (κ3) is 10.9. The molecule has 53 heavy (non-hydrogen) atoms. The zero-order valence-corrected chi connectivity index (χ0v) is 28.5. The molecule has 0 radical (unpaired) electrons. The van der Waals surface area contributed by atoms with Crippen LogP contribution in [0.5, 0.6) is 5.75 Å². The number of fused-ring (bicyclic) bond motifs is 1. The molecule has 292 valence electrons. The lowest BCUT2D eigenvalue weighted by molar-refractivity contribution is -0.143. The van der Waals surface area contributed by atoms with Crippen molar-refractivity contribution in [2.24, 2.45) is 5.73 Å². The number of carboxylic acid groups (broad SMARTS) is 2. The molecule has 11 nitrogen and oxygen atoms in total. The van der Waals surface area contributed by atoms with Gasteiger partial charge in [-0.05, 0) is 69.0 Å².